The Hall–Kier alpha value is -4.12. The minimum Gasteiger partial charge on any atom is -0.492 e. The summed E-state index contributed by atoms with van der Waals surface area (Å²) in [4.78, 5) is 40.7. The molecule has 2 amide bonds. The van der Waals surface area contributed by atoms with E-state index in [1.165, 1.54) is 24.3 Å². The summed E-state index contributed by atoms with van der Waals surface area (Å²) < 4.78 is 20.5. The zero-order valence-electron chi connectivity index (χ0n) is 22.3. The van der Waals surface area contributed by atoms with Gasteiger partial charge in [-0.25, -0.2) is 4.39 Å². The first-order valence-electron chi connectivity index (χ1n) is 13.1. The average Bonchev–Trinajstić information content (AvgIpc) is 3.38. The molecule has 3 aromatic rings. The number of aryl methyl sites for hydroxylation is 1. The lowest BCUT2D eigenvalue weighted by Crippen LogP contribution is -2.32. The van der Waals surface area contributed by atoms with E-state index in [0.29, 0.717) is 22.0 Å². The summed E-state index contributed by atoms with van der Waals surface area (Å²) in [5.41, 5.74) is 3.74. The Morgan fingerprint density at radius 3 is 2.48 bits per heavy atom. The molecule has 3 heterocycles. The fourth-order valence-corrected chi connectivity index (χ4v) is 6.01. The van der Waals surface area contributed by atoms with Crippen molar-refractivity contribution in [2.24, 2.45) is 0 Å². The van der Waals surface area contributed by atoms with Crippen LogP contribution in [0.1, 0.15) is 36.2 Å². The molecular formula is C29H29FN4O5S. The van der Waals surface area contributed by atoms with Crippen molar-refractivity contribution in [2.45, 2.75) is 33.1 Å². The van der Waals surface area contributed by atoms with Crippen LogP contribution >= 0.6 is 11.8 Å². The van der Waals surface area contributed by atoms with Gasteiger partial charge in [0.15, 0.2) is 0 Å². The van der Waals surface area contributed by atoms with E-state index in [1.54, 1.807) is 12.1 Å². The van der Waals surface area contributed by atoms with Crippen LogP contribution < -0.4 is 9.64 Å². The number of hydrogen-bond donors (Lipinski definition) is 0. The van der Waals surface area contributed by atoms with Crippen LogP contribution in [-0.4, -0.2) is 51.8 Å². The zero-order chi connectivity index (χ0) is 28.4. The molecule has 0 N–H and O–H groups in total. The summed E-state index contributed by atoms with van der Waals surface area (Å²) in [6.07, 6.45) is 4.85. The highest BCUT2D eigenvalue weighted by molar-refractivity contribution is 8.18. The topological polar surface area (TPSA) is 97.9 Å². The molecule has 5 rings (SSSR count). The molecule has 1 aromatic heterocycles. The first kappa shape index (κ1) is 27.4. The fourth-order valence-electron chi connectivity index (χ4n) is 5.15. The van der Waals surface area contributed by atoms with Crippen molar-refractivity contribution in [1.82, 2.24) is 9.47 Å². The number of piperidine rings is 1. The molecule has 2 aliphatic rings. The minimum absolute atomic E-state index is 0.0610. The number of rotatable bonds is 8. The third-order valence-corrected chi connectivity index (χ3v) is 8.05. The first-order valence-corrected chi connectivity index (χ1v) is 13.9. The van der Waals surface area contributed by atoms with E-state index in [1.807, 2.05) is 36.6 Å². The predicted octanol–water partition coefficient (Wildman–Crippen LogP) is 6.25. The van der Waals surface area contributed by atoms with Crippen LogP contribution in [0, 0.1) is 29.8 Å². The van der Waals surface area contributed by atoms with Gasteiger partial charge in [0.2, 0.25) is 0 Å². The standard InChI is InChI=1S/C29H29FN4O5S/c1-19-16-21(17-27-28(35)32(29(36)40-27)14-15-39-24-9-6-22(30)7-10-24)20(2)33(19)23-8-11-25(26(18-23)34(37)38)31-12-4-3-5-13-31/h6-11,16-18H,3-5,12-15H2,1-2H3/b27-17-. The number of hydrogen-bond acceptors (Lipinski definition) is 7. The molecule has 0 aliphatic carbocycles. The van der Waals surface area contributed by atoms with Crippen LogP contribution in [-0.2, 0) is 4.79 Å². The third-order valence-electron chi connectivity index (χ3n) is 7.14. The van der Waals surface area contributed by atoms with Gasteiger partial charge in [-0.2, -0.15) is 0 Å². The first-order chi connectivity index (χ1) is 19.2. The summed E-state index contributed by atoms with van der Waals surface area (Å²) in [5, 5.41) is 11.6. The number of nitrogens with zero attached hydrogens (tertiary/aromatic N) is 4. The quantitative estimate of drug-likeness (QED) is 0.181. The lowest BCUT2D eigenvalue weighted by atomic mass is 10.1. The second-order valence-corrected chi connectivity index (χ2v) is 10.8. The summed E-state index contributed by atoms with van der Waals surface area (Å²) in [7, 11) is 0. The Kier molecular flexibility index (Phi) is 7.92. The van der Waals surface area contributed by atoms with Gasteiger partial charge in [0.1, 0.15) is 23.9 Å². The van der Waals surface area contributed by atoms with Gasteiger partial charge in [-0.3, -0.25) is 24.6 Å². The molecule has 40 heavy (non-hydrogen) atoms. The highest BCUT2D eigenvalue weighted by atomic mass is 32.2. The number of amides is 2. The number of thioether (sulfide) groups is 1. The van der Waals surface area contributed by atoms with Gasteiger partial charge in [0.05, 0.1) is 22.1 Å². The Balaban J connectivity index is 1.35. The lowest BCUT2D eigenvalue weighted by Gasteiger charge is -2.28. The summed E-state index contributed by atoms with van der Waals surface area (Å²) in [5.74, 6) is -0.347. The van der Waals surface area contributed by atoms with E-state index in [9.17, 15) is 24.1 Å². The lowest BCUT2D eigenvalue weighted by molar-refractivity contribution is -0.384. The summed E-state index contributed by atoms with van der Waals surface area (Å²) in [6.45, 7) is 5.53. The number of ether oxygens (including phenoxy) is 1. The van der Waals surface area contributed by atoms with Gasteiger partial charge in [0.25, 0.3) is 16.8 Å². The molecule has 2 aliphatic heterocycles. The van der Waals surface area contributed by atoms with E-state index >= 15 is 0 Å². The van der Waals surface area contributed by atoms with Crippen molar-refractivity contribution in [2.75, 3.05) is 31.1 Å². The van der Waals surface area contributed by atoms with Crippen LogP contribution in [0.4, 0.5) is 20.6 Å². The van der Waals surface area contributed by atoms with Crippen molar-refractivity contribution in [3.05, 3.63) is 86.3 Å². The molecule has 2 fully saturated rings. The highest BCUT2D eigenvalue weighted by Gasteiger charge is 2.35. The van der Waals surface area contributed by atoms with Gasteiger partial charge in [-0.15, -0.1) is 0 Å². The maximum absolute atomic E-state index is 13.1. The summed E-state index contributed by atoms with van der Waals surface area (Å²) in [6, 6.07) is 12.7. The fraction of sp³-hybridized carbons (Fsp3) is 0.310. The van der Waals surface area contributed by atoms with Crippen molar-refractivity contribution in [3.8, 4) is 11.4 Å². The van der Waals surface area contributed by atoms with Crippen LogP contribution in [0.15, 0.2) is 53.4 Å². The third kappa shape index (κ3) is 5.60. The number of halogens is 1. The van der Waals surface area contributed by atoms with Gasteiger partial charge in [-0.1, -0.05) is 0 Å². The Bertz CT molecular complexity index is 1490. The number of anilines is 1. The molecular weight excluding hydrogens is 535 g/mol. The van der Waals surface area contributed by atoms with Crippen LogP contribution in [0.3, 0.4) is 0 Å². The van der Waals surface area contributed by atoms with E-state index in [4.69, 9.17) is 4.74 Å². The largest absolute Gasteiger partial charge is 0.492 e. The van der Waals surface area contributed by atoms with E-state index in [2.05, 4.69) is 4.90 Å². The number of nitro groups is 1. The van der Waals surface area contributed by atoms with Crippen molar-refractivity contribution in [1.29, 1.82) is 0 Å². The SMILES string of the molecule is Cc1cc(/C=C2\SC(=O)N(CCOc3ccc(F)cc3)C2=O)c(C)n1-c1ccc(N2CCCCC2)c([N+](=O)[O-])c1. The molecule has 2 saturated heterocycles. The van der Waals surface area contributed by atoms with Gasteiger partial charge in [-0.05, 0) is 99.0 Å². The van der Waals surface area contributed by atoms with Gasteiger partial charge < -0.3 is 14.2 Å². The molecule has 9 nitrogen and oxygen atoms in total. The van der Waals surface area contributed by atoms with Crippen LogP contribution in [0.5, 0.6) is 5.75 Å². The zero-order valence-corrected chi connectivity index (χ0v) is 23.1. The molecule has 0 unspecified atom stereocenters. The monoisotopic (exact) mass is 564 g/mol. The maximum atomic E-state index is 13.1. The van der Waals surface area contributed by atoms with Crippen molar-refractivity contribution >= 4 is 40.4 Å². The summed E-state index contributed by atoms with van der Waals surface area (Å²) >= 11 is 0.858. The number of carbonyl (C=O) groups excluding carboxylic acids is 2. The van der Waals surface area contributed by atoms with E-state index in [0.717, 1.165) is 66.0 Å². The highest BCUT2D eigenvalue weighted by Crippen LogP contribution is 2.36. The number of carbonyl (C=O) groups is 2. The normalized spacial score (nSPS) is 16.7. The number of benzene rings is 2. The van der Waals surface area contributed by atoms with Crippen LogP contribution in [0.25, 0.3) is 11.8 Å². The molecule has 0 atom stereocenters. The van der Waals surface area contributed by atoms with Gasteiger partial charge >= 0.3 is 0 Å². The minimum atomic E-state index is -0.413. The molecule has 0 bridgehead atoms. The maximum Gasteiger partial charge on any atom is 0.294 e. The molecule has 0 spiro atoms. The predicted molar refractivity (Wildman–Crippen MR) is 153 cm³/mol. The molecule has 0 radical (unpaired) electrons. The molecule has 208 valence electrons. The number of nitro benzene ring substituents is 1. The Morgan fingerprint density at radius 1 is 1.05 bits per heavy atom. The Labute approximate surface area is 235 Å². The van der Waals surface area contributed by atoms with Crippen molar-refractivity contribution < 1.29 is 23.6 Å². The van der Waals surface area contributed by atoms with Crippen LogP contribution in [0.2, 0.25) is 0 Å². The average molecular weight is 565 g/mol. The van der Waals surface area contributed by atoms with E-state index < -0.39 is 11.1 Å². The van der Waals surface area contributed by atoms with E-state index in [-0.39, 0.29) is 29.6 Å². The molecule has 11 heteroatoms. The van der Waals surface area contributed by atoms with Gasteiger partial charge in [0, 0.05) is 30.5 Å². The molecule has 0 saturated carbocycles. The number of aromatic nitrogens is 1. The second kappa shape index (κ2) is 11.5. The van der Waals surface area contributed by atoms with Crippen molar-refractivity contribution in [3.63, 3.8) is 0 Å². The second-order valence-electron chi connectivity index (χ2n) is 9.78. The Morgan fingerprint density at radius 2 is 1.77 bits per heavy atom. The molecule has 2 aromatic carbocycles. The smallest absolute Gasteiger partial charge is 0.294 e. The number of imide groups is 1.